The fraction of sp³-hybridized carbons (Fsp3) is 0.182. The van der Waals surface area contributed by atoms with Crippen LogP contribution < -0.4 is 5.32 Å². The molecule has 16 heavy (non-hydrogen) atoms. The first-order valence-electron chi connectivity index (χ1n) is 4.95. The largest absolute Gasteiger partial charge is 0.345 e. The van der Waals surface area contributed by atoms with E-state index in [2.05, 4.69) is 20.5 Å². The van der Waals surface area contributed by atoms with Gasteiger partial charge in [-0.05, 0) is 24.6 Å². The Bertz CT molecular complexity index is 478. The van der Waals surface area contributed by atoms with Crippen molar-refractivity contribution in [1.82, 2.24) is 20.5 Å². The minimum absolute atomic E-state index is 0.166. The molecular weight excluding hydrogens is 204 g/mol. The molecule has 0 radical (unpaired) electrons. The number of carbonyl (C=O) groups is 1. The van der Waals surface area contributed by atoms with E-state index in [1.165, 1.54) is 0 Å². The number of carbonyl (C=O) groups excluding carboxylic acids is 1. The van der Waals surface area contributed by atoms with Crippen LogP contribution >= 0.6 is 0 Å². The molecule has 5 nitrogen and oxygen atoms in total. The minimum Gasteiger partial charge on any atom is -0.345 e. The normalized spacial score (nSPS) is 10.1. The van der Waals surface area contributed by atoms with Crippen LogP contribution in [-0.4, -0.2) is 21.1 Å². The lowest BCUT2D eigenvalue weighted by Gasteiger charge is -2.03. The average Bonchev–Trinajstić information content (AvgIpc) is 2.74. The first-order chi connectivity index (χ1) is 7.77. The van der Waals surface area contributed by atoms with Gasteiger partial charge in [-0.3, -0.25) is 14.9 Å². The van der Waals surface area contributed by atoms with Gasteiger partial charge in [0.2, 0.25) is 0 Å². The third-order valence-corrected chi connectivity index (χ3v) is 2.21. The van der Waals surface area contributed by atoms with Crippen molar-refractivity contribution in [3.05, 3.63) is 47.5 Å². The van der Waals surface area contributed by atoms with Crippen molar-refractivity contribution in [3.8, 4) is 0 Å². The lowest BCUT2D eigenvalue weighted by atomic mass is 10.2. The number of aryl methyl sites for hydroxylation is 1. The molecule has 82 valence electrons. The van der Waals surface area contributed by atoms with E-state index in [1.807, 2.05) is 25.1 Å². The van der Waals surface area contributed by atoms with Gasteiger partial charge in [0, 0.05) is 6.20 Å². The highest BCUT2D eigenvalue weighted by Gasteiger charge is 2.09. The smallest absolute Gasteiger partial charge is 0.269 e. The standard InChI is InChI=1S/C11H12N4O/c1-8-6-14-15-10(8)11(16)13-7-9-4-2-3-5-12-9/h2-6H,7H2,1H3,(H,13,16)(H,14,15). The van der Waals surface area contributed by atoms with Crippen LogP contribution in [-0.2, 0) is 6.54 Å². The molecule has 2 heterocycles. The Morgan fingerprint density at radius 1 is 1.50 bits per heavy atom. The van der Waals surface area contributed by atoms with Crippen molar-refractivity contribution in [3.63, 3.8) is 0 Å². The Kier molecular flexibility index (Phi) is 2.95. The summed E-state index contributed by atoms with van der Waals surface area (Å²) in [6.45, 7) is 2.25. The summed E-state index contributed by atoms with van der Waals surface area (Å²) in [5.74, 6) is -0.166. The van der Waals surface area contributed by atoms with Gasteiger partial charge in [-0.15, -0.1) is 0 Å². The summed E-state index contributed by atoms with van der Waals surface area (Å²) in [6.07, 6.45) is 3.32. The van der Waals surface area contributed by atoms with Crippen LogP contribution in [0.1, 0.15) is 21.7 Å². The van der Waals surface area contributed by atoms with Crippen LogP contribution in [0.5, 0.6) is 0 Å². The molecular formula is C11H12N4O. The summed E-state index contributed by atoms with van der Waals surface area (Å²) < 4.78 is 0. The van der Waals surface area contributed by atoms with E-state index in [4.69, 9.17) is 0 Å². The van der Waals surface area contributed by atoms with E-state index in [1.54, 1.807) is 12.4 Å². The fourth-order valence-corrected chi connectivity index (χ4v) is 1.34. The molecule has 5 heteroatoms. The van der Waals surface area contributed by atoms with Gasteiger partial charge in [0.15, 0.2) is 0 Å². The Labute approximate surface area is 92.9 Å². The Balaban J connectivity index is 1.97. The van der Waals surface area contributed by atoms with E-state index in [-0.39, 0.29) is 5.91 Å². The molecule has 0 aromatic carbocycles. The quantitative estimate of drug-likeness (QED) is 0.805. The molecule has 0 spiro atoms. The monoisotopic (exact) mass is 216 g/mol. The molecule has 2 N–H and O–H groups in total. The molecule has 0 fully saturated rings. The van der Waals surface area contributed by atoms with E-state index >= 15 is 0 Å². The van der Waals surface area contributed by atoms with Crippen molar-refractivity contribution in [2.45, 2.75) is 13.5 Å². The van der Waals surface area contributed by atoms with E-state index in [0.717, 1.165) is 11.3 Å². The van der Waals surface area contributed by atoms with Crippen LogP contribution in [0.25, 0.3) is 0 Å². The Morgan fingerprint density at radius 3 is 3.00 bits per heavy atom. The zero-order valence-electron chi connectivity index (χ0n) is 8.90. The number of nitrogens with zero attached hydrogens (tertiary/aromatic N) is 2. The minimum atomic E-state index is -0.166. The van der Waals surface area contributed by atoms with Gasteiger partial charge in [-0.25, -0.2) is 0 Å². The summed E-state index contributed by atoms with van der Waals surface area (Å²) in [5.41, 5.74) is 2.16. The number of aromatic nitrogens is 3. The zero-order valence-corrected chi connectivity index (χ0v) is 8.90. The van der Waals surface area contributed by atoms with Crippen molar-refractivity contribution >= 4 is 5.91 Å². The van der Waals surface area contributed by atoms with Crippen molar-refractivity contribution < 1.29 is 4.79 Å². The predicted molar refractivity (Wildman–Crippen MR) is 58.7 cm³/mol. The molecule has 1 amide bonds. The fourth-order valence-electron chi connectivity index (χ4n) is 1.34. The van der Waals surface area contributed by atoms with Crippen LogP contribution in [0.4, 0.5) is 0 Å². The molecule has 0 saturated heterocycles. The van der Waals surface area contributed by atoms with Gasteiger partial charge in [-0.1, -0.05) is 6.07 Å². The molecule has 0 aliphatic rings. The van der Waals surface area contributed by atoms with Crippen LogP contribution in [0.2, 0.25) is 0 Å². The molecule has 0 saturated carbocycles. The number of pyridine rings is 1. The van der Waals surface area contributed by atoms with Gasteiger partial charge in [0.1, 0.15) is 5.69 Å². The van der Waals surface area contributed by atoms with Gasteiger partial charge >= 0.3 is 0 Å². The summed E-state index contributed by atoms with van der Waals surface area (Å²) >= 11 is 0. The number of aromatic amines is 1. The van der Waals surface area contributed by atoms with Crippen LogP contribution in [0.15, 0.2) is 30.6 Å². The van der Waals surface area contributed by atoms with E-state index in [0.29, 0.717) is 12.2 Å². The summed E-state index contributed by atoms with van der Waals surface area (Å²) in [6, 6.07) is 5.58. The van der Waals surface area contributed by atoms with Crippen LogP contribution in [0, 0.1) is 6.92 Å². The number of hydrogen-bond donors (Lipinski definition) is 2. The SMILES string of the molecule is Cc1cn[nH]c1C(=O)NCc1ccccn1. The highest BCUT2D eigenvalue weighted by atomic mass is 16.1. The van der Waals surface area contributed by atoms with E-state index < -0.39 is 0 Å². The average molecular weight is 216 g/mol. The summed E-state index contributed by atoms with van der Waals surface area (Å²) in [7, 11) is 0. The van der Waals surface area contributed by atoms with E-state index in [9.17, 15) is 4.79 Å². The number of hydrogen-bond acceptors (Lipinski definition) is 3. The summed E-state index contributed by atoms with van der Waals surface area (Å²) in [5, 5.41) is 9.22. The van der Waals surface area contributed by atoms with Crippen LogP contribution in [0.3, 0.4) is 0 Å². The lowest BCUT2D eigenvalue weighted by Crippen LogP contribution is -2.24. The topological polar surface area (TPSA) is 70.7 Å². The molecule has 0 aliphatic carbocycles. The second-order valence-electron chi connectivity index (χ2n) is 3.43. The van der Waals surface area contributed by atoms with Gasteiger partial charge in [0.05, 0.1) is 18.4 Å². The highest BCUT2D eigenvalue weighted by Crippen LogP contribution is 2.02. The third kappa shape index (κ3) is 2.25. The highest BCUT2D eigenvalue weighted by molar-refractivity contribution is 5.93. The van der Waals surface area contributed by atoms with Gasteiger partial charge < -0.3 is 5.32 Å². The third-order valence-electron chi connectivity index (χ3n) is 2.21. The predicted octanol–water partition coefficient (Wildman–Crippen LogP) is 1.04. The second kappa shape index (κ2) is 4.57. The van der Waals surface area contributed by atoms with Gasteiger partial charge in [0.25, 0.3) is 5.91 Å². The molecule has 2 aromatic heterocycles. The molecule has 0 unspecified atom stereocenters. The maximum atomic E-state index is 11.7. The first kappa shape index (κ1) is 10.4. The maximum Gasteiger partial charge on any atom is 0.269 e. The molecule has 2 rings (SSSR count). The molecule has 0 aliphatic heterocycles. The van der Waals surface area contributed by atoms with Crippen molar-refractivity contribution in [1.29, 1.82) is 0 Å². The second-order valence-corrected chi connectivity index (χ2v) is 3.43. The maximum absolute atomic E-state index is 11.7. The Morgan fingerprint density at radius 2 is 2.38 bits per heavy atom. The Hall–Kier alpha value is -2.17. The number of nitrogens with one attached hydrogen (secondary N) is 2. The molecule has 0 bridgehead atoms. The van der Waals surface area contributed by atoms with Crippen molar-refractivity contribution in [2.75, 3.05) is 0 Å². The molecule has 2 aromatic rings. The van der Waals surface area contributed by atoms with Gasteiger partial charge in [-0.2, -0.15) is 5.10 Å². The lowest BCUT2D eigenvalue weighted by molar-refractivity contribution is 0.0945. The number of amides is 1. The molecule has 0 atom stereocenters. The zero-order chi connectivity index (χ0) is 11.4. The number of rotatable bonds is 3. The summed E-state index contributed by atoms with van der Waals surface area (Å²) in [4.78, 5) is 15.8. The van der Waals surface area contributed by atoms with Crippen molar-refractivity contribution in [2.24, 2.45) is 0 Å². The first-order valence-corrected chi connectivity index (χ1v) is 4.95. The number of H-pyrrole nitrogens is 1.